The Labute approximate surface area is 101 Å². The number of hydrogen-bond donors (Lipinski definition) is 1. The van der Waals surface area contributed by atoms with Crippen LogP contribution in [0.5, 0.6) is 0 Å². The van der Waals surface area contributed by atoms with Crippen LogP contribution in [0.4, 0.5) is 0 Å². The molecule has 0 radical (unpaired) electrons. The highest BCUT2D eigenvalue weighted by molar-refractivity contribution is 5.87. The number of benzene rings is 1. The number of nitrogens with two attached hydrogens (primary N) is 1. The molecular weight excluding hydrogens is 218 g/mol. The molecule has 0 bridgehead atoms. The molecule has 1 atom stereocenters. The number of ketones is 1. The first-order valence-electron chi connectivity index (χ1n) is 5.61. The van der Waals surface area contributed by atoms with Crippen LogP contribution in [-0.2, 0) is 20.7 Å². The van der Waals surface area contributed by atoms with Crippen molar-refractivity contribution in [3.8, 4) is 0 Å². The fraction of sp³-hybridized carbons (Fsp3) is 0.385. The third-order valence-electron chi connectivity index (χ3n) is 2.28. The number of rotatable bonds is 6. The zero-order chi connectivity index (χ0) is 12.7. The molecule has 4 heteroatoms. The van der Waals surface area contributed by atoms with E-state index in [9.17, 15) is 9.59 Å². The molecule has 0 amide bonds. The molecule has 0 heterocycles. The van der Waals surface area contributed by atoms with Gasteiger partial charge in [0.05, 0.1) is 6.61 Å². The maximum atomic E-state index is 11.6. The van der Waals surface area contributed by atoms with Crippen molar-refractivity contribution in [3.63, 3.8) is 0 Å². The van der Waals surface area contributed by atoms with Gasteiger partial charge >= 0.3 is 5.97 Å². The summed E-state index contributed by atoms with van der Waals surface area (Å²) in [6.07, 6.45) is 0.321. The zero-order valence-electron chi connectivity index (χ0n) is 9.89. The third-order valence-corrected chi connectivity index (χ3v) is 2.28. The van der Waals surface area contributed by atoms with Crippen molar-refractivity contribution in [2.75, 3.05) is 6.61 Å². The van der Waals surface area contributed by atoms with Crippen molar-refractivity contribution in [2.45, 2.75) is 25.8 Å². The minimum Gasteiger partial charge on any atom is -0.465 e. The average molecular weight is 235 g/mol. The monoisotopic (exact) mass is 235 g/mol. The standard InChI is InChI=1S/C13H17NO3/c1-2-17-13(16)12(14)9-11(15)8-10-6-4-3-5-7-10/h3-7,12H,2,8-9,14H2,1H3. The lowest BCUT2D eigenvalue weighted by molar-refractivity contribution is -0.146. The lowest BCUT2D eigenvalue weighted by atomic mass is 10.0. The molecule has 0 saturated heterocycles. The summed E-state index contributed by atoms with van der Waals surface area (Å²) in [7, 11) is 0. The van der Waals surface area contributed by atoms with E-state index in [1.165, 1.54) is 0 Å². The SMILES string of the molecule is CCOC(=O)C(N)CC(=O)Cc1ccccc1. The number of hydrogen-bond acceptors (Lipinski definition) is 4. The summed E-state index contributed by atoms with van der Waals surface area (Å²) >= 11 is 0. The lowest BCUT2D eigenvalue weighted by Gasteiger charge is -2.09. The first kappa shape index (κ1) is 13.4. The van der Waals surface area contributed by atoms with Gasteiger partial charge in [-0.25, -0.2) is 0 Å². The second kappa shape index (κ2) is 6.81. The second-order valence-electron chi connectivity index (χ2n) is 3.76. The van der Waals surface area contributed by atoms with Crippen LogP contribution in [0.15, 0.2) is 30.3 Å². The Morgan fingerprint density at radius 3 is 2.53 bits per heavy atom. The lowest BCUT2D eigenvalue weighted by Crippen LogP contribution is -2.34. The molecular formula is C13H17NO3. The van der Waals surface area contributed by atoms with Gasteiger partial charge < -0.3 is 10.5 Å². The molecule has 0 spiro atoms. The molecule has 1 aromatic rings. The maximum absolute atomic E-state index is 11.6. The van der Waals surface area contributed by atoms with Gasteiger partial charge in [0.1, 0.15) is 11.8 Å². The van der Waals surface area contributed by atoms with Crippen LogP contribution in [0.3, 0.4) is 0 Å². The minimum absolute atomic E-state index is 0.0216. The van der Waals surface area contributed by atoms with E-state index in [2.05, 4.69) is 0 Å². The molecule has 0 aliphatic heterocycles. The maximum Gasteiger partial charge on any atom is 0.323 e. The summed E-state index contributed by atoms with van der Waals surface area (Å²) in [4.78, 5) is 22.9. The zero-order valence-corrected chi connectivity index (χ0v) is 9.89. The van der Waals surface area contributed by atoms with E-state index in [-0.39, 0.29) is 18.8 Å². The Morgan fingerprint density at radius 1 is 1.29 bits per heavy atom. The van der Waals surface area contributed by atoms with Gasteiger partial charge in [0, 0.05) is 12.8 Å². The minimum atomic E-state index is -0.855. The Balaban J connectivity index is 2.42. The van der Waals surface area contributed by atoms with E-state index in [4.69, 9.17) is 10.5 Å². The Morgan fingerprint density at radius 2 is 1.94 bits per heavy atom. The molecule has 2 N–H and O–H groups in total. The molecule has 0 aromatic heterocycles. The topological polar surface area (TPSA) is 69.4 Å². The van der Waals surface area contributed by atoms with Crippen molar-refractivity contribution < 1.29 is 14.3 Å². The number of Topliss-reactive ketones (excluding diaryl/α,β-unsaturated/α-hetero) is 1. The molecule has 1 unspecified atom stereocenters. The van der Waals surface area contributed by atoms with Crippen LogP contribution in [0, 0.1) is 0 Å². The third kappa shape index (κ3) is 4.78. The predicted octanol–water partition coefficient (Wildman–Crippen LogP) is 1.08. The van der Waals surface area contributed by atoms with Crippen molar-refractivity contribution in [1.29, 1.82) is 0 Å². The van der Waals surface area contributed by atoms with Gasteiger partial charge in [-0.1, -0.05) is 30.3 Å². The molecule has 92 valence electrons. The highest BCUT2D eigenvalue weighted by Crippen LogP contribution is 2.03. The summed E-state index contributed by atoms with van der Waals surface area (Å²) in [6.45, 7) is 1.98. The molecule has 0 aliphatic carbocycles. The molecule has 1 rings (SSSR count). The van der Waals surface area contributed by atoms with Crippen molar-refractivity contribution >= 4 is 11.8 Å². The van der Waals surface area contributed by atoms with Crippen LogP contribution >= 0.6 is 0 Å². The molecule has 4 nitrogen and oxygen atoms in total. The first-order chi connectivity index (χ1) is 8.13. The Hall–Kier alpha value is -1.68. The van der Waals surface area contributed by atoms with Crippen LogP contribution in [-0.4, -0.2) is 24.4 Å². The number of carbonyl (C=O) groups is 2. The molecule has 1 aromatic carbocycles. The molecule has 0 aliphatic rings. The fourth-order valence-electron chi connectivity index (χ4n) is 1.47. The van der Waals surface area contributed by atoms with Gasteiger partial charge in [0.2, 0.25) is 0 Å². The highest BCUT2D eigenvalue weighted by atomic mass is 16.5. The predicted molar refractivity (Wildman–Crippen MR) is 64.4 cm³/mol. The number of carbonyl (C=O) groups excluding carboxylic acids is 2. The van der Waals surface area contributed by atoms with Crippen LogP contribution in [0.1, 0.15) is 18.9 Å². The normalized spacial score (nSPS) is 11.9. The van der Waals surface area contributed by atoms with E-state index in [0.717, 1.165) is 5.56 Å². The first-order valence-corrected chi connectivity index (χ1v) is 5.61. The quantitative estimate of drug-likeness (QED) is 0.749. The summed E-state index contributed by atoms with van der Waals surface area (Å²) in [5.74, 6) is -0.578. The highest BCUT2D eigenvalue weighted by Gasteiger charge is 2.18. The van der Waals surface area contributed by atoms with Gasteiger partial charge in [0.25, 0.3) is 0 Å². The van der Waals surface area contributed by atoms with Crippen LogP contribution < -0.4 is 5.73 Å². The smallest absolute Gasteiger partial charge is 0.323 e. The van der Waals surface area contributed by atoms with Gasteiger partial charge in [0.15, 0.2) is 0 Å². The van der Waals surface area contributed by atoms with E-state index < -0.39 is 12.0 Å². The molecule has 0 fully saturated rings. The van der Waals surface area contributed by atoms with Gasteiger partial charge in [-0.15, -0.1) is 0 Å². The summed E-state index contributed by atoms with van der Waals surface area (Å²) in [5, 5.41) is 0. The van der Waals surface area contributed by atoms with Crippen LogP contribution in [0.25, 0.3) is 0 Å². The van der Waals surface area contributed by atoms with Crippen LogP contribution in [0.2, 0.25) is 0 Å². The van der Waals surface area contributed by atoms with Gasteiger partial charge in [-0.2, -0.15) is 0 Å². The molecule has 17 heavy (non-hydrogen) atoms. The van der Waals surface area contributed by atoms with E-state index in [1.807, 2.05) is 30.3 Å². The second-order valence-corrected chi connectivity index (χ2v) is 3.76. The van der Waals surface area contributed by atoms with E-state index in [0.29, 0.717) is 6.42 Å². The van der Waals surface area contributed by atoms with Crippen molar-refractivity contribution in [2.24, 2.45) is 5.73 Å². The summed E-state index contributed by atoms with van der Waals surface area (Å²) in [5.41, 5.74) is 6.49. The molecule has 0 saturated carbocycles. The van der Waals surface area contributed by atoms with E-state index in [1.54, 1.807) is 6.92 Å². The Kier molecular flexibility index (Phi) is 5.36. The Bertz CT molecular complexity index is 376. The van der Waals surface area contributed by atoms with E-state index >= 15 is 0 Å². The van der Waals surface area contributed by atoms with Crippen molar-refractivity contribution in [1.82, 2.24) is 0 Å². The number of ether oxygens (including phenoxy) is 1. The van der Waals surface area contributed by atoms with Gasteiger partial charge in [-0.05, 0) is 12.5 Å². The summed E-state index contributed by atoms with van der Waals surface area (Å²) in [6, 6.07) is 8.51. The fourth-order valence-corrected chi connectivity index (χ4v) is 1.47. The number of esters is 1. The van der Waals surface area contributed by atoms with Crippen molar-refractivity contribution in [3.05, 3.63) is 35.9 Å². The summed E-state index contributed by atoms with van der Waals surface area (Å²) < 4.78 is 4.74. The average Bonchev–Trinajstić information content (AvgIpc) is 2.30. The van der Waals surface area contributed by atoms with Gasteiger partial charge in [-0.3, -0.25) is 9.59 Å². The largest absolute Gasteiger partial charge is 0.465 e.